The van der Waals surface area contributed by atoms with Crippen molar-refractivity contribution < 1.29 is 4.52 Å². The third-order valence-corrected chi connectivity index (χ3v) is 4.21. The summed E-state index contributed by atoms with van der Waals surface area (Å²) in [5, 5.41) is 4.24. The lowest BCUT2D eigenvalue weighted by molar-refractivity contribution is 0.346. The number of aromatic nitrogens is 2. The van der Waals surface area contributed by atoms with Gasteiger partial charge in [-0.05, 0) is 37.8 Å². The highest BCUT2D eigenvalue weighted by Gasteiger charge is 2.50. The summed E-state index contributed by atoms with van der Waals surface area (Å²) in [7, 11) is 0. The summed E-state index contributed by atoms with van der Waals surface area (Å²) in [6.07, 6.45) is 4.19. The second-order valence-electron chi connectivity index (χ2n) is 5.74. The molecule has 0 amide bonds. The fourth-order valence-corrected chi connectivity index (χ4v) is 2.70. The highest BCUT2D eigenvalue weighted by molar-refractivity contribution is 5.38. The van der Waals surface area contributed by atoms with Gasteiger partial charge in [-0.3, -0.25) is 0 Å². The van der Waals surface area contributed by atoms with Gasteiger partial charge in [-0.1, -0.05) is 42.4 Å². The zero-order chi connectivity index (χ0) is 14.0. The summed E-state index contributed by atoms with van der Waals surface area (Å²) in [5.74, 6) is 1.88. The number of nitrogens with two attached hydrogens (primary N) is 1. The van der Waals surface area contributed by atoms with E-state index in [2.05, 4.69) is 41.3 Å². The maximum Gasteiger partial charge on any atom is 0.229 e. The minimum atomic E-state index is -0.00338. The van der Waals surface area contributed by atoms with Crippen LogP contribution in [0.3, 0.4) is 0 Å². The van der Waals surface area contributed by atoms with Gasteiger partial charge in [0.25, 0.3) is 0 Å². The number of hydrogen-bond acceptors (Lipinski definition) is 4. The van der Waals surface area contributed by atoms with Crippen LogP contribution in [-0.4, -0.2) is 16.7 Å². The monoisotopic (exact) mass is 271 g/mol. The molecule has 4 heteroatoms. The van der Waals surface area contributed by atoms with Gasteiger partial charge < -0.3 is 10.3 Å². The smallest absolute Gasteiger partial charge is 0.229 e. The molecule has 106 valence electrons. The number of nitrogens with zero attached hydrogens (tertiary/aromatic N) is 2. The Morgan fingerprint density at radius 3 is 2.70 bits per heavy atom. The Labute approximate surface area is 119 Å². The molecule has 3 rings (SSSR count). The van der Waals surface area contributed by atoms with E-state index in [0.29, 0.717) is 6.54 Å². The first-order chi connectivity index (χ1) is 9.76. The third kappa shape index (κ3) is 2.36. The fraction of sp³-hybridized carbons (Fsp3) is 0.500. The SMILES string of the molecule is CC(CCCN)c1nc(C2(c3ccccc3)CC2)no1. The molecule has 1 aliphatic carbocycles. The predicted molar refractivity (Wildman–Crippen MR) is 77.5 cm³/mol. The molecule has 1 aromatic heterocycles. The Hall–Kier alpha value is -1.68. The van der Waals surface area contributed by atoms with Gasteiger partial charge in [0.05, 0.1) is 5.41 Å². The van der Waals surface area contributed by atoms with Crippen LogP contribution in [0.4, 0.5) is 0 Å². The van der Waals surface area contributed by atoms with Gasteiger partial charge in [0.2, 0.25) is 5.89 Å². The number of hydrogen-bond donors (Lipinski definition) is 1. The van der Waals surface area contributed by atoms with Crippen molar-refractivity contribution in [2.75, 3.05) is 6.54 Å². The first kappa shape index (κ1) is 13.3. The van der Waals surface area contributed by atoms with E-state index in [-0.39, 0.29) is 11.3 Å². The molecule has 20 heavy (non-hydrogen) atoms. The lowest BCUT2D eigenvalue weighted by Gasteiger charge is -2.10. The second-order valence-corrected chi connectivity index (χ2v) is 5.74. The normalized spacial score (nSPS) is 17.9. The Morgan fingerprint density at radius 1 is 1.30 bits per heavy atom. The van der Waals surface area contributed by atoms with Gasteiger partial charge in [0.15, 0.2) is 5.82 Å². The molecular formula is C16H21N3O. The van der Waals surface area contributed by atoms with Crippen molar-refractivity contribution in [2.24, 2.45) is 5.73 Å². The van der Waals surface area contributed by atoms with E-state index in [0.717, 1.165) is 37.4 Å². The van der Waals surface area contributed by atoms with Gasteiger partial charge in [-0.2, -0.15) is 4.98 Å². The van der Waals surface area contributed by atoms with Crippen LogP contribution in [0.5, 0.6) is 0 Å². The van der Waals surface area contributed by atoms with Crippen molar-refractivity contribution in [3.05, 3.63) is 47.6 Å². The van der Waals surface area contributed by atoms with Crippen molar-refractivity contribution >= 4 is 0 Å². The van der Waals surface area contributed by atoms with Crippen molar-refractivity contribution in [1.29, 1.82) is 0 Å². The molecule has 1 saturated carbocycles. The third-order valence-electron chi connectivity index (χ3n) is 4.21. The Balaban J connectivity index is 1.80. The van der Waals surface area contributed by atoms with E-state index < -0.39 is 0 Å². The first-order valence-electron chi connectivity index (χ1n) is 7.36. The maximum absolute atomic E-state index is 5.55. The summed E-state index contributed by atoms with van der Waals surface area (Å²) in [6.45, 7) is 2.83. The molecule has 1 aromatic carbocycles. The van der Waals surface area contributed by atoms with E-state index >= 15 is 0 Å². The number of rotatable bonds is 6. The largest absolute Gasteiger partial charge is 0.339 e. The van der Waals surface area contributed by atoms with Crippen LogP contribution in [-0.2, 0) is 5.41 Å². The topological polar surface area (TPSA) is 64.9 Å². The van der Waals surface area contributed by atoms with E-state index in [9.17, 15) is 0 Å². The molecule has 2 aromatic rings. The van der Waals surface area contributed by atoms with Crippen LogP contribution in [0, 0.1) is 0 Å². The second kappa shape index (κ2) is 5.37. The highest BCUT2D eigenvalue weighted by Crippen LogP contribution is 2.52. The molecule has 1 heterocycles. The molecule has 1 fully saturated rings. The van der Waals surface area contributed by atoms with Crippen LogP contribution in [0.15, 0.2) is 34.9 Å². The summed E-state index contributed by atoms with van der Waals surface area (Å²) in [4.78, 5) is 4.66. The molecule has 2 N–H and O–H groups in total. The lowest BCUT2D eigenvalue weighted by atomic mass is 9.95. The van der Waals surface area contributed by atoms with Crippen LogP contribution in [0.1, 0.15) is 55.8 Å². The van der Waals surface area contributed by atoms with Crippen molar-refractivity contribution in [1.82, 2.24) is 10.1 Å². The van der Waals surface area contributed by atoms with Crippen molar-refractivity contribution in [3.63, 3.8) is 0 Å². The zero-order valence-electron chi connectivity index (χ0n) is 11.9. The Morgan fingerprint density at radius 2 is 2.05 bits per heavy atom. The average molecular weight is 271 g/mol. The van der Waals surface area contributed by atoms with Crippen LogP contribution in [0.25, 0.3) is 0 Å². The van der Waals surface area contributed by atoms with Gasteiger partial charge >= 0.3 is 0 Å². The summed E-state index contributed by atoms with van der Waals surface area (Å²) >= 11 is 0. The van der Waals surface area contributed by atoms with Crippen molar-refractivity contribution in [2.45, 2.75) is 43.9 Å². The molecule has 1 atom stereocenters. The molecule has 0 aliphatic heterocycles. The minimum Gasteiger partial charge on any atom is -0.339 e. The summed E-state index contributed by atoms with van der Waals surface area (Å²) in [6, 6.07) is 10.5. The van der Waals surface area contributed by atoms with E-state index in [1.807, 2.05) is 6.07 Å². The van der Waals surface area contributed by atoms with Gasteiger partial charge in [-0.25, -0.2) is 0 Å². The molecule has 0 saturated heterocycles. The van der Waals surface area contributed by atoms with Gasteiger partial charge in [-0.15, -0.1) is 0 Å². The summed E-state index contributed by atoms with van der Waals surface area (Å²) in [5.41, 5.74) is 6.84. The zero-order valence-corrected chi connectivity index (χ0v) is 11.9. The average Bonchev–Trinajstić information content (AvgIpc) is 3.16. The van der Waals surface area contributed by atoms with Crippen LogP contribution < -0.4 is 5.73 Å². The fourth-order valence-electron chi connectivity index (χ4n) is 2.70. The lowest BCUT2D eigenvalue weighted by Crippen LogP contribution is -2.11. The quantitative estimate of drug-likeness (QED) is 0.877. The van der Waals surface area contributed by atoms with Gasteiger partial charge in [0, 0.05) is 5.92 Å². The molecule has 0 spiro atoms. The van der Waals surface area contributed by atoms with Gasteiger partial charge in [0.1, 0.15) is 0 Å². The number of benzene rings is 1. The van der Waals surface area contributed by atoms with Crippen LogP contribution >= 0.6 is 0 Å². The molecule has 0 bridgehead atoms. The molecular weight excluding hydrogens is 250 g/mol. The molecule has 1 aliphatic rings. The minimum absolute atomic E-state index is 0.00338. The highest BCUT2D eigenvalue weighted by atomic mass is 16.5. The molecule has 1 unspecified atom stereocenters. The van der Waals surface area contributed by atoms with E-state index in [4.69, 9.17) is 10.3 Å². The van der Waals surface area contributed by atoms with Crippen LogP contribution in [0.2, 0.25) is 0 Å². The standard InChI is InChI=1S/C16H21N3O/c1-12(6-5-11-17)14-18-15(19-20-14)16(9-10-16)13-7-3-2-4-8-13/h2-4,7-8,12H,5-6,9-11,17H2,1H3. The maximum atomic E-state index is 5.55. The van der Waals surface area contributed by atoms with Crippen molar-refractivity contribution in [3.8, 4) is 0 Å². The Bertz CT molecular complexity index is 560. The first-order valence-corrected chi connectivity index (χ1v) is 7.36. The summed E-state index contributed by atoms with van der Waals surface area (Å²) < 4.78 is 5.47. The molecule has 0 radical (unpaired) electrons. The Kier molecular flexibility index (Phi) is 3.57. The van der Waals surface area contributed by atoms with E-state index in [1.54, 1.807) is 0 Å². The molecule has 4 nitrogen and oxygen atoms in total. The predicted octanol–water partition coefficient (Wildman–Crippen LogP) is 2.99. The van der Waals surface area contributed by atoms with E-state index in [1.165, 1.54) is 5.56 Å².